The lowest BCUT2D eigenvalue weighted by Crippen LogP contribution is -2.15. The molecule has 0 saturated carbocycles. The maximum absolute atomic E-state index is 12.5. The first kappa shape index (κ1) is 16.4. The number of methoxy groups -OCH3 is 2. The van der Waals surface area contributed by atoms with Gasteiger partial charge in [0, 0.05) is 0 Å². The number of hydrogen-bond acceptors (Lipinski definition) is 6. The number of esters is 2. The molecule has 3 rings (SSSR count). The van der Waals surface area contributed by atoms with Crippen LogP contribution in [0.15, 0.2) is 45.8 Å². The molecule has 0 radical (unpaired) electrons. The predicted molar refractivity (Wildman–Crippen MR) is 95.7 cm³/mol. The fourth-order valence-corrected chi connectivity index (χ4v) is 3.86. The van der Waals surface area contributed by atoms with Gasteiger partial charge in [-0.2, -0.15) is 22.7 Å². The molecule has 24 heavy (non-hydrogen) atoms. The highest BCUT2D eigenvalue weighted by Crippen LogP contribution is 2.36. The van der Waals surface area contributed by atoms with E-state index >= 15 is 0 Å². The number of benzene rings is 1. The standard InChI is InChI=1S/C18H14O4S2/c1-21-17(19)15-13(11-5-7-23-9-11)3-4-14(12-6-8-24-10-12)16(15)18(20)22-2/h3-10H,1-2H3. The van der Waals surface area contributed by atoms with Gasteiger partial charge >= 0.3 is 11.9 Å². The topological polar surface area (TPSA) is 52.6 Å². The normalized spacial score (nSPS) is 10.4. The number of thiophene rings is 2. The third-order valence-electron chi connectivity index (χ3n) is 3.65. The van der Waals surface area contributed by atoms with Gasteiger partial charge in [0.1, 0.15) is 0 Å². The first-order valence-electron chi connectivity index (χ1n) is 7.06. The van der Waals surface area contributed by atoms with Crippen molar-refractivity contribution in [3.8, 4) is 22.3 Å². The molecule has 0 fully saturated rings. The van der Waals surface area contributed by atoms with E-state index < -0.39 is 11.9 Å². The minimum atomic E-state index is -0.561. The highest BCUT2D eigenvalue weighted by Gasteiger charge is 2.27. The maximum Gasteiger partial charge on any atom is 0.339 e. The average Bonchev–Trinajstić information content (AvgIpc) is 3.32. The van der Waals surface area contributed by atoms with E-state index in [0.29, 0.717) is 11.1 Å². The number of rotatable bonds is 4. The number of hydrogen-bond donors (Lipinski definition) is 0. The fourth-order valence-electron chi connectivity index (χ4n) is 2.55. The number of carbonyl (C=O) groups excluding carboxylic acids is 2. The van der Waals surface area contributed by atoms with Crippen molar-refractivity contribution in [3.05, 3.63) is 56.9 Å². The molecule has 0 atom stereocenters. The highest BCUT2D eigenvalue weighted by molar-refractivity contribution is 7.08. The molecule has 1 aromatic carbocycles. The summed E-state index contributed by atoms with van der Waals surface area (Å²) >= 11 is 3.04. The van der Waals surface area contributed by atoms with Crippen LogP contribution >= 0.6 is 22.7 Å². The molecule has 122 valence electrons. The summed E-state index contributed by atoms with van der Waals surface area (Å²) in [4.78, 5) is 24.9. The fraction of sp³-hybridized carbons (Fsp3) is 0.111. The van der Waals surface area contributed by atoms with Crippen molar-refractivity contribution in [2.45, 2.75) is 0 Å². The van der Waals surface area contributed by atoms with E-state index in [1.165, 1.54) is 36.9 Å². The van der Waals surface area contributed by atoms with E-state index in [1.807, 2.05) is 45.8 Å². The summed E-state index contributed by atoms with van der Waals surface area (Å²) in [6, 6.07) is 7.48. The molecule has 0 aliphatic heterocycles. The van der Waals surface area contributed by atoms with Crippen LogP contribution < -0.4 is 0 Å². The molecule has 0 saturated heterocycles. The zero-order valence-corrected chi connectivity index (χ0v) is 14.7. The molecule has 4 nitrogen and oxygen atoms in total. The Balaban J connectivity index is 2.35. The monoisotopic (exact) mass is 358 g/mol. The third kappa shape index (κ3) is 2.86. The largest absolute Gasteiger partial charge is 0.465 e. The smallest absolute Gasteiger partial charge is 0.339 e. The Kier molecular flexibility index (Phi) is 4.78. The molecule has 2 aromatic heterocycles. The average molecular weight is 358 g/mol. The van der Waals surface area contributed by atoms with Gasteiger partial charge in [-0.05, 0) is 55.9 Å². The van der Waals surface area contributed by atoms with Crippen LogP contribution in [0.5, 0.6) is 0 Å². The van der Waals surface area contributed by atoms with Gasteiger partial charge in [0.05, 0.1) is 25.3 Å². The van der Waals surface area contributed by atoms with E-state index in [9.17, 15) is 9.59 Å². The quantitative estimate of drug-likeness (QED) is 0.634. The van der Waals surface area contributed by atoms with Gasteiger partial charge < -0.3 is 9.47 Å². The molecule has 0 aliphatic carbocycles. The Morgan fingerprint density at radius 2 is 1.17 bits per heavy atom. The van der Waals surface area contributed by atoms with Gasteiger partial charge in [-0.25, -0.2) is 9.59 Å². The summed E-state index contributed by atoms with van der Waals surface area (Å²) in [6.07, 6.45) is 0. The molecule has 3 aromatic rings. The van der Waals surface area contributed by atoms with Crippen LogP contribution in [-0.4, -0.2) is 26.2 Å². The van der Waals surface area contributed by atoms with Gasteiger partial charge in [0.15, 0.2) is 0 Å². The second-order valence-corrected chi connectivity index (χ2v) is 6.48. The minimum absolute atomic E-state index is 0.228. The van der Waals surface area contributed by atoms with Gasteiger partial charge in [-0.3, -0.25) is 0 Å². The number of carbonyl (C=O) groups is 2. The van der Waals surface area contributed by atoms with Crippen molar-refractivity contribution in [1.82, 2.24) is 0 Å². The zero-order chi connectivity index (χ0) is 17.1. The van der Waals surface area contributed by atoms with Crippen LogP contribution in [0.25, 0.3) is 22.3 Å². The van der Waals surface area contributed by atoms with E-state index in [1.54, 1.807) is 0 Å². The molecule has 0 N–H and O–H groups in total. The third-order valence-corrected chi connectivity index (χ3v) is 5.02. The predicted octanol–water partition coefficient (Wildman–Crippen LogP) is 4.72. The summed E-state index contributed by atoms with van der Waals surface area (Å²) in [5.41, 5.74) is 3.49. The van der Waals surface area contributed by atoms with Crippen molar-refractivity contribution in [1.29, 1.82) is 0 Å². The van der Waals surface area contributed by atoms with Gasteiger partial charge in [0.2, 0.25) is 0 Å². The van der Waals surface area contributed by atoms with Crippen LogP contribution in [0.1, 0.15) is 20.7 Å². The minimum Gasteiger partial charge on any atom is -0.465 e. The van der Waals surface area contributed by atoms with Crippen molar-refractivity contribution in [2.24, 2.45) is 0 Å². The lowest BCUT2D eigenvalue weighted by atomic mass is 9.90. The summed E-state index contributed by atoms with van der Waals surface area (Å²) in [6.45, 7) is 0. The van der Waals surface area contributed by atoms with Crippen LogP contribution in [0, 0.1) is 0 Å². The van der Waals surface area contributed by atoms with Gasteiger partial charge in [0.25, 0.3) is 0 Å². The Hall–Kier alpha value is -2.44. The van der Waals surface area contributed by atoms with Crippen LogP contribution in [-0.2, 0) is 9.47 Å². The SMILES string of the molecule is COC(=O)c1c(-c2ccsc2)ccc(-c2ccsc2)c1C(=O)OC. The van der Waals surface area contributed by atoms with Gasteiger partial charge in [-0.1, -0.05) is 12.1 Å². The lowest BCUT2D eigenvalue weighted by molar-refractivity contribution is 0.0556. The van der Waals surface area contributed by atoms with Crippen molar-refractivity contribution >= 4 is 34.6 Å². The molecule has 0 unspecified atom stereocenters. The Morgan fingerprint density at radius 1 is 0.750 bits per heavy atom. The molecule has 6 heteroatoms. The van der Waals surface area contributed by atoms with Crippen molar-refractivity contribution in [3.63, 3.8) is 0 Å². The molecule has 2 heterocycles. The van der Waals surface area contributed by atoms with E-state index in [2.05, 4.69) is 0 Å². The molecular weight excluding hydrogens is 344 g/mol. The Morgan fingerprint density at radius 3 is 1.46 bits per heavy atom. The first-order valence-corrected chi connectivity index (χ1v) is 8.94. The van der Waals surface area contributed by atoms with E-state index in [0.717, 1.165) is 11.1 Å². The summed E-state index contributed by atoms with van der Waals surface area (Å²) in [5.74, 6) is -1.12. The Labute approximate surface area is 147 Å². The van der Waals surface area contributed by atoms with E-state index in [4.69, 9.17) is 9.47 Å². The summed E-state index contributed by atoms with van der Waals surface area (Å²) in [5, 5.41) is 7.68. The maximum atomic E-state index is 12.5. The lowest BCUT2D eigenvalue weighted by Gasteiger charge is -2.15. The Bertz CT molecular complexity index is 792. The first-order chi connectivity index (χ1) is 11.7. The molecule has 0 bridgehead atoms. The van der Waals surface area contributed by atoms with Gasteiger partial charge in [-0.15, -0.1) is 0 Å². The van der Waals surface area contributed by atoms with E-state index in [-0.39, 0.29) is 11.1 Å². The van der Waals surface area contributed by atoms with Crippen molar-refractivity contribution in [2.75, 3.05) is 14.2 Å². The summed E-state index contributed by atoms with van der Waals surface area (Å²) in [7, 11) is 2.61. The zero-order valence-electron chi connectivity index (χ0n) is 13.1. The van der Waals surface area contributed by atoms with Crippen LogP contribution in [0.3, 0.4) is 0 Å². The highest BCUT2D eigenvalue weighted by atomic mass is 32.1. The molecule has 0 amide bonds. The molecule has 0 aliphatic rings. The van der Waals surface area contributed by atoms with Crippen molar-refractivity contribution < 1.29 is 19.1 Å². The van der Waals surface area contributed by atoms with Crippen LogP contribution in [0.2, 0.25) is 0 Å². The molecule has 0 spiro atoms. The number of ether oxygens (including phenoxy) is 2. The van der Waals surface area contributed by atoms with Crippen LogP contribution in [0.4, 0.5) is 0 Å². The summed E-state index contributed by atoms with van der Waals surface area (Å²) < 4.78 is 9.88. The second-order valence-electron chi connectivity index (χ2n) is 4.92. The molecular formula is C18H14O4S2. The second kappa shape index (κ2) is 6.98.